The van der Waals surface area contributed by atoms with Crippen LogP contribution in [0.2, 0.25) is 0 Å². The summed E-state index contributed by atoms with van der Waals surface area (Å²) in [7, 11) is 0. The lowest BCUT2D eigenvalue weighted by Crippen LogP contribution is -2.51. The van der Waals surface area contributed by atoms with E-state index in [2.05, 4.69) is 0 Å². The minimum atomic E-state index is -1.07. The summed E-state index contributed by atoms with van der Waals surface area (Å²) in [6.07, 6.45) is 5.73. The molecule has 2 fully saturated rings. The number of hydrogen-bond acceptors (Lipinski definition) is 4. The topological polar surface area (TPSA) is 70.7 Å². The lowest BCUT2D eigenvalue weighted by Gasteiger charge is -2.43. The van der Waals surface area contributed by atoms with E-state index in [9.17, 15) is 9.59 Å². The van der Waals surface area contributed by atoms with Crippen molar-refractivity contribution < 1.29 is 19.1 Å². The van der Waals surface area contributed by atoms with Gasteiger partial charge in [0, 0.05) is 29.7 Å². The van der Waals surface area contributed by atoms with Gasteiger partial charge in [0.05, 0.1) is 5.56 Å². The maximum Gasteiger partial charge on any atom is 0.338 e. The lowest BCUT2D eigenvalue weighted by molar-refractivity contribution is 0.0613. The van der Waals surface area contributed by atoms with Crippen molar-refractivity contribution in [3.05, 3.63) is 23.7 Å². The van der Waals surface area contributed by atoms with Crippen molar-refractivity contribution in [2.24, 2.45) is 0 Å². The van der Waals surface area contributed by atoms with Crippen LogP contribution in [0, 0.1) is 0 Å². The van der Waals surface area contributed by atoms with Crippen LogP contribution < -0.4 is 0 Å². The second-order valence-electron chi connectivity index (χ2n) is 5.26. The van der Waals surface area contributed by atoms with E-state index < -0.39 is 5.97 Å². The van der Waals surface area contributed by atoms with Crippen LogP contribution in [0.1, 0.15) is 46.6 Å². The van der Waals surface area contributed by atoms with Gasteiger partial charge in [0.15, 0.2) is 5.76 Å². The van der Waals surface area contributed by atoms with Crippen LogP contribution >= 0.6 is 11.8 Å². The first-order valence-corrected chi connectivity index (χ1v) is 7.96. The molecule has 6 heteroatoms. The molecule has 2 atom stereocenters. The molecule has 20 heavy (non-hydrogen) atoms. The number of nitrogens with zero attached hydrogens (tertiary/aromatic N) is 1. The number of amides is 1. The van der Waals surface area contributed by atoms with Crippen LogP contribution in [0.15, 0.2) is 16.7 Å². The van der Waals surface area contributed by atoms with Gasteiger partial charge in [-0.2, -0.15) is 11.8 Å². The summed E-state index contributed by atoms with van der Waals surface area (Å²) in [6, 6.07) is 1.60. The standard InChI is InChI=1S/C14H17NO4S/c16-13(11-7-9(8-19-11)14(17)18)15-5-6-20-12-4-2-1-3-10(12)15/h7-8,10,12H,1-6H2,(H,17,18). The molecule has 2 unspecified atom stereocenters. The predicted molar refractivity (Wildman–Crippen MR) is 75.2 cm³/mol. The summed E-state index contributed by atoms with van der Waals surface area (Å²) in [5.41, 5.74) is 0.0277. The molecule has 1 aromatic heterocycles. The van der Waals surface area contributed by atoms with E-state index in [1.54, 1.807) is 0 Å². The van der Waals surface area contributed by atoms with Gasteiger partial charge in [-0.25, -0.2) is 4.79 Å². The van der Waals surface area contributed by atoms with Crippen LogP contribution in [0.5, 0.6) is 0 Å². The van der Waals surface area contributed by atoms with Crippen LogP contribution in [-0.4, -0.2) is 45.5 Å². The van der Waals surface area contributed by atoms with Gasteiger partial charge in [-0.3, -0.25) is 4.79 Å². The molecule has 1 aliphatic carbocycles. The third-order valence-corrected chi connectivity index (χ3v) is 5.45. The predicted octanol–water partition coefficient (Wildman–Crippen LogP) is 2.48. The van der Waals surface area contributed by atoms with E-state index >= 15 is 0 Å². The number of fused-ring (bicyclic) bond motifs is 1. The number of hydrogen-bond donors (Lipinski definition) is 1. The Hall–Kier alpha value is -1.43. The van der Waals surface area contributed by atoms with E-state index in [1.165, 1.54) is 12.5 Å². The van der Waals surface area contributed by atoms with E-state index in [0.29, 0.717) is 11.8 Å². The molecule has 1 aliphatic heterocycles. The molecule has 0 aromatic carbocycles. The molecule has 2 heterocycles. The van der Waals surface area contributed by atoms with Gasteiger partial charge >= 0.3 is 5.97 Å². The normalized spacial score (nSPS) is 26.1. The summed E-state index contributed by atoms with van der Waals surface area (Å²) in [6.45, 7) is 0.716. The molecule has 0 bridgehead atoms. The Kier molecular flexibility index (Phi) is 3.74. The quantitative estimate of drug-likeness (QED) is 0.907. The summed E-state index contributed by atoms with van der Waals surface area (Å²) >= 11 is 1.95. The molecule has 0 spiro atoms. The maximum atomic E-state index is 12.5. The summed E-state index contributed by atoms with van der Waals surface area (Å²) < 4.78 is 5.14. The van der Waals surface area contributed by atoms with Gasteiger partial charge in [-0.05, 0) is 12.8 Å². The first-order valence-electron chi connectivity index (χ1n) is 6.91. The Bertz CT molecular complexity index is 525. The molecular weight excluding hydrogens is 278 g/mol. The summed E-state index contributed by atoms with van der Waals surface area (Å²) in [5, 5.41) is 9.41. The van der Waals surface area contributed by atoms with Crippen molar-refractivity contribution in [2.75, 3.05) is 12.3 Å². The number of carboxylic acid groups (broad SMARTS) is 1. The zero-order valence-electron chi connectivity index (χ0n) is 11.1. The molecule has 1 amide bonds. The van der Waals surface area contributed by atoms with Crippen LogP contribution in [-0.2, 0) is 0 Å². The van der Waals surface area contributed by atoms with Crippen LogP contribution in [0.25, 0.3) is 0 Å². The third-order valence-electron chi connectivity index (χ3n) is 4.05. The fourth-order valence-corrected chi connectivity index (χ4v) is 4.49. The van der Waals surface area contributed by atoms with E-state index in [0.717, 1.165) is 31.3 Å². The van der Waals surface area contributed by atoms with Crippen molar-refractivity contribution in [3.8, 4) is 0 Å². The zero-order valence-corrected chi connectivity index (χ0v) is 11.9. The SMILES string of the molecule is O=C(O)c1coc(C(=O)N2CCSC3CCCCC32)c1. The summed E-state index contributed by atoms with van der Waals surface area (Å²) in [5.74, 6) is -0.162. The number of carbonyl (C=O) groups excluding carboxylic acids is 1. The second kappa shape index (κ2) is 5.52. The molecule has 0 radical (unpaired) electrons. The van der Waals surface area contributed by atoms with Crippen molar-refractivity contribution in [2.45, 2.75) is 37.0 Å². The van der Waals surface area contributed by atoms with Crippen molar-refractivity contribution in [1.82, 2.24) is 4.90 Å². The van der Waals surface area contributed by atoms with Gasteiger partial charge in [0.25, 0.3) is 5.91 Å². The minimum Gasteiger partial charge on any atom is -0.478 e. The number of furan rings is 1. The van der Waals surface area contributed by atoms with Crippen molar-refractivity contribution in [3.63, 3.8) is 0 Å². The van der Waals surface area contributed by atoms with Gasteiger partial charge < -0.3 is 14.4 Å². The highest BCUT2D eigenvalue weighted by Crippen LogP contribution is 2.36. The van der Waals surface area contributed by atoms with Crippen molar-refractivity contribution in [1.29, 1.82) is 0 Å². The van der Waals surface area contributed by atoms with Gasteiger partial charge in [0.2, 0.25) is 0 Å². The maximum absolute atomic E-state index is 12.5. The molecule has 3 rings (SSSR count). The van der Waals surface area contributed by atoms with Crippen LogP contribution in [0.3, 0.4) is 0 Å². The van der Waals surface area contributed by atoms with Gasteiger partial charge in [0.1, 0.15) is 6.26 Å². The first-order chi connectivity index (χ1) is 9.66. The largest absolute Gasteiger partial charge is 0.478 e. The highest BCUT2D eigenvalue weighted by Gasteiger charge is 2.37. The fourth-order valence-electron chi connectivity index (χ4n) is 3.05. The zero-order chi connectivity index (χ0) is 14.1. The Morgan fingerprint density at radius 1 is 1.35 bits per heavy atom. The lowest BCUT2D eigenvalue weighted by atomic mass is 9.93. The number of carboxylic acids is 1. The molecule has 2 aliphatic rings. The smallest absolute Gasteiger partial charge is 0.338 e. The molecule has 5 nitrogen and oxygen atoms in total. The monoisotopic (exact) mass is 295 g/mol. The van der Waals surface area contributed by atoms with Gasteiger partial charge in [-0.15, -0.1) is 0 Å². The number of rotatable bonds is 2. The minimum absolute atomic E-state index is 0.0277. The van der Waals surface area contributed by atoms with Crippen LogP contribution in [0.4, 0.5) is 0 Å². The number of aromatic carboxylic acids is 1. The average molecular weight is 295 g/mol. The average Bonchev–Trinajstić information content (AvgIpc) is 2.96. The summed E-state index contributed by atoms with van der Waals surface area (Å²) in [4.78, 5) is 25.3. The highest BCUT2D eigenvalue weighted by molar-refractivity contribution is 8.00. The Morgan fingerprint density at radius 3 is 2.90 bits per heavy atom. The second-order valence-corrected chi connectivity index (χ2v) is 6.61. The molecule has 1 saturated heterocycles. The Balaban J connectivity index is 1.79. The molecule has 1 aromatic rings. The van der Waals surface area contributed by atoms with E-state index in [4.69, 9.17) is 9.52 Å². The Labute approximate surface area is 121 Å². The fraction of sp³-hybridized carbons (Fsp3) is 0.571. The molecule has 108 valence electrons. The van der Waals surface area contributed by atoms with E-state index in [-0.39, 0.29) is 23.3 Å². The number of carbonyl (C=O) groups is 2. The highest BCUT2D eigenvalue weighted by atomic mass is 32.2. The molecule has 1 saturated carbocycles. The first kappa shape index (κ1) is 13.5. The third kappa shape index (κ3) is 2.44. The Morgan fingerprint density at radius 2 is 2.15 bits per heavy atom. The molecule has 1 N–H and O–H groups in total. The van der Waals surface area contributed by atoms with Crippen molar-refractivity contribution >= 4 is 23.6 Å². The molecular formula is C14H17NO4S. The number of thioether (sulfide) groups is 1. The van der Waals surface area contributed by atoms with Gasteiger partial charge in [-0.1, -0.05) is 12.8 Å². The van der Waals surface area contributed by atoms with E-state index in [1.807, 2.05) is 16.7 Å².